The van der Waals surface area contributed by atoms with Crippen LogP contribution in [-0.2, 0) is 19.9 Å². The van der Waals surface area contributed by atoms with Crippen LogP contribution in [0.3, 0.4) is 0 Å². The first-order chi connectivity index (χ1) is 15.1. The lowest BCUT2D eigenvalue weighted by molar-refractivity contribution is -0.137. The van der Waals surface area contributed by atoms with Crippen LogP contribution in [0.2, 0.25) is 5.02 Å². The molecule has 0 saturated carbocycles. The summed E-state index contributed by atoms with van der Waals surface area (Å²) in [7, 11) is 0. The van der Waals surface area contributed by atoms with Gasteiger partial charge < -0.3 is 10.6 Å². The number of imide groups is 1. The van der Waals surface area contributed by atoms with E-state index >= 15 is 0 Å². The second kappa shape index (κ2) is 10.8. The average molecular weight is 465 g/mol. The number of nitrogens with one attached hydrogen (secondary N) is 2. The van der Waals surface area contributed by atoms with E-state index in [1.165, 1.54) is 4.90 Å². The van der Waals surface area contributed by atoms with E-state index in [-0.39, 0.29) is 31.0 Å². The van der Waals surface area contributed by atoms with Gasteiger partial charge in [-0.1, -0.05) is 44.5 Å². The molecule has 5 amide bonds. The van der Waals surface area contributed by atoms with Crippen molar-refractivity contribution in [1.82, 2.24) is 20.4 Å². The Bertz CT molecular complexity index is 860. The number of carbonyl (C=O) groups is 4. The van der Waals surface area contributed by atoms with Gasteiger partial charge in [-0.3, -0.25) is 24.2 Å². The Labute approximate surface area is 194 Å². The van der Waals surface area contributed by atoms with Gasteiger partial charge in [-0.2, -0.15) is 0 Å². The molecule has 0 spiro atoms. The topological polar surface area (TPSA) is 98.8 Å². The van der Waals surface area contributed by atoms with E-state index in [1.807, 2.05) is 27.7 Å². The zero-order valence-electron chi connectivity index (χ0n) is 19.4. The molecule has 0 unspecified atom stereocenters. The molecular formula is C23H33ClN4O4. The lowest BCUT2D eigenvalue weighted by atomic mass is 9.85. The molecule has 3 atom stereocenters. The Balaban J connectivity index is 2.44. The third-order valence-corrected chi connectivity index (χ3v) is 6.25. The quantitative estimate of drug-likeness (QED) is 0.520. The molecule has 1 aromatic carbocycles. The summed E-state index contributed by atoms with van der Waals surface area (Å²) in [5.41, 5.74) is -0.852. The molecule has 176 valence electrons. The monoisotopic (exact) mass is 464 g/mol. The molecular weight excluding hydrogens is 432 g/mol. The number of urea groups is 1. The molecule has 1 aromatic rings. The van der Waals surface area contributed by atoms with E-state index in [0.29, 0.717) is 10.6 Å². The van der Waals surface area contributed by atoms with Crippen LogP contribution in [0, 0.1) is 0 Å². The van der Waals surface area contributed by atoms with E-state index in [4.69, 9.17) is 11.6 Å². The van der Waals surface area contributed by atoms with Crippen molar-refractivity contribution < 1.29 is 19.2 Å². The summed E-state index contributed by atoms with van der Waals surface area (Å²) in [6.45, 7) is 8.67. The molecule has 0 bridgehead atoms. The molecule has 9 heteroatoms. The Morgan fingerprint density at radius 1 is 0.938 bits per heavy atom. The van der Waals surface area contributed by atoms with E-state index in [0.717, 1.165) is 17.7 Å². The summed E-state index contributed by atoms with van der Waals surface area (Å²) in [5.74, 6) is -1.31. The minimum Gasteiger partial charge on any atom is -0.352 e. The lowest BCUT2D eigenvalue weighted by Crippen LogP contribution is -2.51. The first-order valence-corrected chi connectivity index (χ1v) is 11.5. The van der Waals surface area contributed by atoms with E-state index in [1.54, 1.807) is 31.2 Å². The number of hydrogen-bond acceptors (Lipinski definition) is 4. The summed E-state index contributed by atoms with van der Waals surface area (Å²) >= 11 is 6.03. The van der Waals surface area contributed by atoms with Crippen LogP contribution in [0.4, 0.5) is 4.79 Å². The van der Waals surface area contributed by atoms with Crippen LogP contribution >= 0.6 is 11.6 Å². The van der Waals surface area contributed by atoms with Gasteiger partial charge in [0.05, 0.1) is 0 Å². The van der Waals surface area contributed by atoms with Crippen LogP contribution in [0.5, 0.6) is 0 Å². The van der Waals surface area contributed by atoms with Crippen molar-refractivity contribution >= 4 is 35.4 Å². The van der Waals surface area contributed by atoms with Crippen LogP contribution < -0.4 is 10.6 Å². The van der Waals surface area contributed by atoms with Crippen LogP contribution in [-0.4, -0.2) is 58.7 Å². The highest BCUT2D eigenvalue weighted by molar-refractivity contribution is 6.30. The highest BCUT2D eigenvalue weighted by Gasteiger charge is 2.58. The third kappa shape index (κ3) is 5.23. The molecule has 8 nitrogen and oxygen atoms in total. The molecule has 1 heterocycles. The van der Waals surface area contributed by atoms with Crippen molar-refractivity contribution in [1.29, 1.82) is 0 Å². The van der Waals surface area contributed by atoms with Crippen molar-refractivity contribution in [3.63, 3.8) is 0 Å². The fourth-order valence-electron chi connectivity index (χ4n) is 3.76. The maximum Gasteiger partial charge on any atom is 0.328 e. The Morgan fingerprint density at radius 2 is 1.44 bits per heavy atom. The zero-order chi connectivity index (χ0) is 24.1. The summed E-state index contributed by atoms with van der Waals surface area (Å²) in [5, 5.41) is 6.11. The predicted molar refractivity (Wildman–Crippen MR) is 123 cm³/mol. The van der Waals surface area contributed by atoms with Gasteiger partial charge in [-0.05, 0) is 50.8 Å². The summed E-state index contributed by atoms with van der Waals surface area (Å²) < 4.78 is 0. The molecule has 0 aliphatic carbocycles. The van der Waals surface area contributed by atoms with Gasteiger partial charge in [0.2, 0.25) is 11.8 Å². The van der Waals surface area contributed by atoms with E-state index < -0.39 is 29.9 Å². The van der Waals surface area contributed by atoms with Gasteiger partial charge in [-0.15, -0.1) is 0 Å². The summed E-state index contributed by atoms with van der Waals surface area (Å²) in [6, 6.07) is 5.83. The normalized spacial score (nSPS) is 20.3. The first-order valence-electron chi connectivity index (χ1n) is 11.1. The van der Waals surface area contributed by atoms with Crippen molar-refractivity contribution in [2.75, 3.05) is 13.1 Å². The second-order valence-electron chi connectivity index (χ2n) is 8.23. The third-order valence-electron chi connectivity index (χ3n) is 6.00. The molecule has 0 radical (unpaired) electrons. The number of rotatable bonds is 10. The van der Waals surface area contributed by atoms with E-state index in [2.05, 4.69) is 10.6 Å². The minimum atomic E-state index is -1.40. The van der Waals surface area contributed by atoms with Crippen molar-refractivity contribution in [3.8, 4) is 0 Å². The fourth-order valence-corrected chi connectivity index (χ4v) is 3.89. The number of hydrogen-bond donors (Lipinski definition) is 2. The van der Waals surface area contributed by atoms with Gasteiger partial charge in [-0.25, -0.2) is 4.79 Å². The zero-order valence-corrected chi connectivity index (χ0v) is 20.2. The SMILES string of the molecule is CC[C@@H](C)NC(=O)CN1C(=O)N(CC(=O)N[C@@H](C)CC)C(=O)[C@]1(CC)c1ccc(Cl)cc1. The molecule has 2 rings (SSSR count). The van der Waals surface area contributed by atoms with Gasteiger partial charge in [0.25, 0.3) is 5.91 Å². The number of halogens is 1. The number of benzene rings is 1. The van der Waals surface area contributed by atoms with Gasteiger partial charge in [0, 0.05) is 17.1 Å². The number of amides is 5. The second-order valence-corrected chi connectivity index (χ2v) is 8.67. The van der Waals surface area contributed by atoms with Crippen molar-refractivity contribution in [2.24, 2.45) is 0 Å². The Hall–Kier alpha value is -2.61. The molecule has 32 heavy (non-hydrogen) atoms. The first kappa shape index (κ1) is 25.6. The van der Waals surface area contributed by atoms with Crippen molar-refractivity contribution in [2.45, 2.75) is 71.5 Å². The molecule has 1 aliphatic rings. The highest BCUT2D eigenvalue weighted by Crippen LogP contribution is 2.40. The van der Waals surface area contributed by atoms with E-state index in [9.17, 15) is 19.2 Å². The molecule has 1 saturated heterocycles. The Morgan fingerprint density at radius 3 is 1.91 bits per heavy atom. The van der Waals surface area contributed by atoms with Gasteiger partial charge in [0.15, 0.2) is 0 Å². The lowest BCUT2D eigenvalue weighted by Gasteiger charge is -2.34. The van der Waals surface area contributed by atoms with Crippen LogP contribution in [0.25, 0.3) is 0 Å². The minimum absolute atomic E-state index is 0.0696. The standard InChI is InChI=1S/C23H33ClN4O4/c1-6-15(4)25-19(29)13-27-21(31)23(8-3,17-9-11-18(24)12-10-17)28(22(27)32)14-20(30)26-16(5)7-2/h9-12,15-16H,6-8,13-14H2,1-5H3,(H,25,29)(H,26,30)/t15-,16+,23-/m0/s1. The maximum atomic E-state index is 13.6. The average Bonchev–Trinajstić information content (AvgIpc) is 2.95. The summed E-state index contributed by atoms with van der Waals surface area (Å²) in [4.78, 5) is 54.4. The highest BCUT2D eigenvalue weighted by atomic mass is 35.5. The molecule has 0 aromatic heterocycles. The Kier molecular flexibility index (Phi) is 8.66. The molecule has 1 aliphatic heterocycles. The smallest absolute Gasteiger partial charge is 0.328 e. The number of nitrogens with zero attached hydrogens (tertiary/aromatic N) is 2. The fraction of sp³-hybridized carbons (Fsp3) is 0.565. The predicted octanol–water partition coefficient (Wildman–Crippen LogP) is 3.04. The van der Waals surface area contributed by atoms with Crippen LogP contribution in [0.15, 0.2) is 24.3 Å². The van der Waals surface area contributed by atoms with Crippen LogP contribution in [0.1, 0.15) is 59.4 Å². The molecule has 1 fully saturated rings. The van der Waals surface area contributed by atoms with Crippen molar-refractivity contribution in [3.05, 3.63) is 34.9 Å². The summed E-state index contributed by atoms with van der Waals surface area (Å²) in [6.07, 6.45) is 1.69. The number of carbonyl (C=O) groups excluding carboxylic acids is 4. The molecule has 2 N–H and O–H groups in total. The largest absolute Gasteiger partial charge is 0.352 e. The maximum absolute atomic E-state index is 13.6. The van der Waals surface area contributed by atoms with Gasteiger partial charge in [0.1, 0.15) is 18.6 Å². The van der Waals surface area contributed by atoms with Gasteiger partial charge >= 0.3 is 6.03 Å².